The quantitative estimate of drug-likeness (QED) is 0.394. The molecule has 1 aromatic carbocycles. The van der Waals surface area contributed by atoms with Crippen LogP contribution in [-0.2, 0) is 10.0 Å². The van der Waals surface area contributed by atoms with Gasteiger partial charge in [-0.2, -0.15) is 5.26 Å². The predicted octanol–water partition coefficient (Wildman–Crippen LogP) is 5.11. The Morgan fingerprint density at radius 1 is 1.08 bits per heavy atom. The molecule has 1 saturated carbocycles. The first-order valence-electron chi connectivity index (χ1n) is 12.0. The van der Waals surface area contributed by atoms with Crippen LogP contribution in [0.3, 0.4) is 0 Å². The minimum Gasteiger partial charge on any atom is -0.465 e. The summed E-state index contributed by atoms with van der Waals surface area (Å²) in [6.07, 6.45) is 5.40. The number of nitrogens with one attached hydrogen (secondary N) is 2. The van der Waals surface area contributed by atoms with Gasteiger partial charge in [0.15, 0.2) is 0 Å². The summed E-state index contributed by atoms with van der Waals surface area (Å²) < 4.78 is 29.8. The van der Waals surface area contributed by atoms with E-state index in [2.05, 4.69) is 20.0 Å². The van der Waals surface area contributed by atoms with Gasteiger partial charge in [0, 0.05) is 41.0 Å². The Morgan fingerprint density at radius 2 is 1.78 bits per heavy atom. The number of aromatic nitrogens is 2. The lowest BCUT2D eigenvalue weighted by Gasteiger charge is -2.27. The number of nitrogens with zero attached hydrogens (tertiary/aromatic N) is 3. The van der Waals surface area contributed by atoms with E-state index < -0.39 is 21.7 Å². The molecule has 0 atom stereocenters. The van der Waals surface area contributed by atoms with E-state index in [9.17, 15) is 13.2 Å². The molecule has 0 bridgehead atoms. The molecule has 2 aromatic heterocycles. The van der Waals surface area contributed by atoms with Gasteiger partial charge in [0.25, 0.3) is 0 Å². The normalized spacial score (nSPS) is 18.2. The van der Waals surface area contributed by atoms with Gasteiger partial charge < -0.3 is 10.4 Å². The highest BCUT2D eigenvalue weighted by atomic mass is 32.2. The van der Waals surface area contributed by atoms with Crippen LogP contribution in [0.4, 0.5) is 4.79 Å². The smallest absolute Gasteiger partial charge is 0.404 e. The van der Waals surface area contributed by atoms with Crippen molar-refractivity contribution in [2.24, 2.45) is 0 Å². The molecule has 9 nitrogen and oxygen atoms in total. The van der Waals surface area contributed by atoms with Gasteiger partial charge in [-0.1, -0.05) is 12.1 Å². The zero-order valence-corrected chi connectivity index (χ0v) is 22.5. The van der Waals surface area contributed by atoms with Crippen molar-refractivity contribution in [3.8, 4) is 27.6 Å². The number of carbonyl (C=O) groups is 1. The number of nitriles is 1. The fourth-order valence-corrected chi connectivity index (χ4v) is 7.33. The highest BCUT2D eigenvalue weighted by Crippen LogP contribution is 2.40. The number of sulfonamides is 1. The summed E-state index contributed by atoms with van der Waals surface area (Å²) >= 11 is 1.47. The zero-order valence-electron chi connectivity index (χ0n) is 20.9. The first-order chi connectivity index (χ1) is 17.4. The topological polar surface area (TPSA) is 145 Å². The van der Waals surface area contributed by atoms with Crippen LogP contribution >= 0.6 is 11.3 Å². The third-order valence-electron chi connectivity index (χ3n) is 6.12. The largest absolute Gasteiger partial charge is 0.465 e. The van der Waals surface area contributed by atoms with Gasteiger partial charge >= 0.3 is 6.09 Å². The van der Waals surface area contributed by atoms with Crippen LogP contribution in [0.1, 0.15) is 63.1 Å². The monoisotopic (exact) mass is 539 g/mol. The molecule has 0 aliphatic heterocycles. The van der Waals surface area contributed by atoms with Gasteiger partial charge in [-0.05, 0) is 70.2 Å². The number of amides is 1. The number of hydrogen-bond acceptors (Lipinski definition) is 7. The van der Waals surface area contributed by atoms with Crippen molar-refractivity contribution in [3.63, 3.8) is 0 Å². The SMILES string of the molecule is CC(C)(C)NS(=O)(=O)c1cc(-c2ccc(C#N)nc2)ccc1-c1cnc(C2CCC(NC(=O)O)CC2)s1. The highest BCUT2D eigenvalue weighted by Gasteiger charge is 2.28. The summed E-state index contributed by atoms with van der Waals surface area (Å²) in [5.41, 5.74) is 1.54. The lowest BCUT2D eigenvalue weighted by Crippen LogP contribution is -2.40. The molecule has 3 aromatic rings. The average molecular weight is 540 g/mol. The number of rotatable bonds is 6. The van der Waals surface area contributed by atoms with E-state index in [4.69, 9.17) is 10.4 Å². The van der Waals surface area contributed by atoms with E-state index in [-0.39, 0.29) is 22.5 Å². The molecule has 194 valence electrons. The average Bonchev–Trinajstić information content (AvgIpc) is 3.32. The molecule has 0 spiro atoms. The summed E-state index contributed by atoms with van der Waals surface area (Å²) in [5, 5.41) is 21.5. The molecule has 1 aliphatic rings. The van der Waals surface area contributed by atoms with Gasteiger partial charge in [-0.25, -0.2) is 27.9 Å². The fraction of sp³-hybridized carbons (Fsp3) is 0.385. The van der Waals surface area contributed by atoms with Gasteiger partial charge in [0.1, 0.15) is 11.8 Å². The van der Waals surface area contributed by atoms with Gasteiger partial charge in [0.05, 0.1) is 14.8 Å². The molecule has 1 fully saturated rings. The predicted molar refractivity (Wildman–Crippen MR) is 142 cm³/mol. The Kier molecular flexibility index (Phi) is 7.64. The van der Waals surface area contributed by atoms with Crippen molar-refractivity contribution in [2.45, 2.75) is 68.8 Å². The molecule has 0 unspecified atom stereocenters. The maximum atomic E-state index is 13.5. The van der Waals surface area contributed by atoms with Crippen molar-refractivity contribution < 1.29 is 18.3 Å². The number of thiazole rings is 1. The van der Waals surface area contributed by atoms with Gasteiger partial charge in [0.2, 0.25) is 10.0 Å². The second-order valence-electron chi connectivity index (χ2n) is 10.2. The second kappa shape index (κ2) is 10.6. The minimum atomic E-state index is -3.88. The number of benzene rings is 1. The van der Waals surface area contributed by atoms with Crippen molar-refractivity contribution in [3.05, 3.63) is 53.4 Å². The lowest BCUT2D eigenvalue weighted by molar-refractivity contribution is 0.185. The first kappa shape index (κ1) is 26.7. The van der Waals surface area contributed by atoms with Crippen LogP contribution in [0, 0.1) is 11.3 Å². The molecule has 3 N–H and O–H groups in total. The van der Waals surface area contributed by atoms with Crippen molar-refractivity contribution >= 4 is 27.5 Å². The van der Waals surface area contributed by atoms with Crippen molar-refractivity contribution in [1.82, 2.24) is 20.0 Å². The number of hydrogen-bond donors (Lipinski definition) is 3. The van der Waals surface area contributed by atoms with Gasteiger partial charge in [-0.15, -0.1) is 11.3 Å². The van der Waals surface area contributed by atoms with E-state index in [1.807, 2.05) is 12.1 Å². The third kappa shape index (κ3) is 6.52. The summed E-state index contributed by atoms with van der Waals surface area (Å²) in [6, 6.07) is 10.5. The van der Waals surface area contributed by atoms with Crippen molar-refractivity contribution in [2.75, 3.05) is 0 Å². The van der Waals surface area contributed by atoms with E-state index in [1.165, 1.54) is 11.3 Å². The summed E-state index contributed by atoms with van der Waals surface area (Å²) in [6.45, 7) is 5.37. The molecule has 11 heteroatoms. The van der Waals surface area contributed by atoms with Crippen LogP contribution in [0.25, 0.3) is 21.6 Å². The third-order valence-corrected chi connectivity index (χ3v) is 9.11. The van der Waals surface area contributed by atoms with Crippen LogP contribution in [0.15, 0.2) is 47.6 Å². The number of pyridine rings is 1. The van der Waals surface area contributed by atoms with E-state index in [1.54, 1.807) is 57.4 Å². The van der Waals surface area contributed by atoms with Crippen molar-refractivity contribution in [1.29, 1.82) is 5.26 Å². The number of carboxylic acid groups (broad SMARTS) is 1. The van der Waals surface area contributed by atoms with Crippen LogP contribution < -0.4 is 10.0 Å². The Morgan fingerprint density at radius 3 is 2.38 bits per heavy atom. The standard InChI is InChI=1S/C26H29N5O4S2/c1-26(2,3)31-37(34,35)23-12-17(18-6-10-20(13-27)28-14-18)7-11-21(23)22-15-29-24(36-22)16-4-8-19(9-5-16)30-25(32)33/h6-7,10-12,14-16,19,30-31H,4-5,8-9H2,1-3H3,(H,32,33). The van der Waals surface area contributed by atoms with E-state index in [0.717, 1.165) is 35.6 Å². The molecule has 37 heavy (non-hydrogen) atoms. The molecule has 0 saturated heterocycles. The Hall–Kier alpha value is -3.33. The van der Waals surface area contributed by atoms with E-state index >= 15 is 0 Å². The summed E-state index contributed by atoms with van der Waals surface area (Å²) in [4.78, 5) is 20.6. The maximum Gasteiger partial charge on any atom is 0.404 e. The Labute approximate surface area is 220 Å². The zero-order chi connectivity index (χ0) is 26.8. The fourth-order valence-electron chi connectivity index (χ4n) is 4.48. The second-order valence-corrected chi connectivity index (χ2v) is 12.9. The van der Waals surface area contributed by atoms with Crippen LogP contribution in [-0.4, -0.2) is 41.2 Å². The lowest BCUT2D eigenvalue weighted by atomic mass is 9.86. The van der Waals surface area contributed by atoms with Crippen LogP contribution in [0.5, 0.6) is 0 Å². The van der Waals surface area contributed by atoms with Gasteiger partial charge in [-0.3, -0.25) is 0 Å². The Bertz CT molecular complexity index is 1430. The highest BCUT2D eigenvalue weighted by molar-refractivity contribution is 7.89. The molecule has 0 radical (unpaired) electrons. The first-order valence-corrected chi connectivity index (χ1v) is 14.3. The minimum absolute atomic E-state index is 0.0438. The summed E-state index contributed by atoms with van der Waals surface area (Å²) in [5.74, 6) is 0.211. The molecule has 1 aliphatic carbocycles. The van der Waals surface area contributed by atoms with Crippen LogP contribution in [0.2, 0.25) is 0 Å². The molecule has 2 heterocycles. The molecule has 4 rings (SSSR count). The maximum absolute atomic E-state index is 13.5. The van der Waals surface area contributed by atoms with E-state index in [0.29, 0.717) is 16.7 Å². The Balaban J connectivity index is 1.68. The summed E-state index contributed by atoms with van der Waals surface area (Å²) in [7, 11) is -3.88. The molecule has 1 amide bonds. The molecular weight excluding hydrogens is 510 g/mol. The molecular formula is C26H29N5O4S2.